The lowest BCUT2D eigenvalue weighted by atomic mass is 9.95. The van der Waals surface area contributed by atoms with Gasteiger partial charge in [-0.3, -0.25) is 9.69 Å². The first-order valence-electron chi connectivity index (χ1n) is 8.56. The fourth-order valence-corrected chi connectivity index (χ4v) is 3.73. The van der Waals surface area contributed by atoms with Crippen molar-refractivity contribution in [1.82, 2.24) is 4.90 Å². The Labute approximate surface area is 158 Å². The number of nitrogens with zero attached hydrogens (tertiary/aromatic N) is 1. The van der Waals surface area contributed by atoms with Gasteiger partial charge in [0.15, 0.2) is 0 Å². The van der Waals surface area contributed by atoms with Crippen LogP contribution in [-0.2, 0) is 11.3 Å². The Bertz CT molecular complexity index is 712. The van der Waals surface area contributed by atoms with Crippen LogP contribution in [0.3, 0.4) is 0 Å². The summed E-state index contributed by atoms with van der Waals surface area (Å²) in [5, 5.41) is 3.84. The molecule has 0 bridgehead atoms. The molecule has 1 amide bonds. The van der Waals surface area contributed by atoms with Crippen LogP contribution < -0.4 is 5.32 Å². The lowest BCUT2D eigenvalue weighted by Crippen LogP contribution is -2.37. The number of carbonyl (C=O) groups excluding carboxylic acids is 1. The van der Waals surface area contributed by atoms with Gasteiger partial charge in [0.1, 0.15) is 0 Å². The molecule has 0 aliphatic carbocycles. The maximum Gasteiger partial charge on any atom is 0.227 e. The maximum atomic E-state index is 12.5. The number of nitrogens with one attached hydrogen (secondary N) is 1. The van der Waals surface area contributed by atoms with Crippen molar-refractivity contribution in [2.75, 3.05) is 24.7 Å². The summed E-state index contributed by atoms with van der Waals surface area (Å²) in [7, 11) is 0. The van der Waals surface area contributed by atoms with E-state index in [4.69, 9.17) is 11.6 Å². The largest absolute Gasteiger partial charge is 0.326 e. The molecule has 3 rings (SSSR count). The minimum absolute atomic E-state index is 0.0967. The van der Waals surface area contributed by atoms with E-state index in [-0.39, 0.29) is 11.8 Å². The number of likely N-dealkylation sites (tertiary alicyclic amines) is 1. The van der Waals surface area contributed by atoms with Crippen molar-refractivity contribution in [2.45, 2.75) is 24.3 Å². The van der Waals surface area contributed by atoms with Gasteiger partial charge < -0.3 is 5.32 Å². The highest BCUT2D eigenvalue weighted by molar-refractivity contribution is 7.98. The monoisotopic (exact) mass is 374 g/mol. The van der Waals surface area contributed by atoms with Gasteiger partial charge in [0, 0.05) is 28.1 Å². The number of hydrogen-bond acceptors (Lipinski definition) is 3. The summed E-state index contributed by atoms with van der Waals surface area (Å²) in [6, 6.07) is 16.0. The zero-order valence-corrected chi connectivity index (χ0v) is 15.9. The van der Waals surface area contributed by atoms with Gasteiger partial charge in [0.2, 0.25) is 5.91 Å². The molecule has 0 atom stereocenters. The Balaban J connectivity index is 1.49. The summed E-state index contributed by atoms with van der Waals surface area (Å²) in [5.41, 5.74) is 2.15. The quantitative estimate of drug-likeness (QED) is 0.754. The first-order chi connectivity index (χ1) is 12.1. The minimum atomic E-state index is 0.0967. The molecule has 132 valence electrons. The molecule has 1 saturated heterocycles. The second-order valence-electron chi connectivity index (χ2n) is 6.40. The zero-order chi connectivity index (χ0) is 17.6. The van der Waals surface area contributed by atoms with E-state index < -0.39 is 0 Å². The van der Waals surface area contributed by atoms with E-state index in [0.717, 1.165) is 48.1 Å². The highest BCUT2D eigenvalue weighted by atomic mass is 35.5. The molecule has 2 aromatic carbocycles. The number of anilines is 1. The van der Waals surface area contributed by atoms with E-state index in [2.05, 4.69) is 28.4 Å². The van der Waals surface area contributed by atoms with Gasteiger partial charge in [-0.1, -0.05) is 29.8 Å². The van der Waals surface area contributed by atoms with E-state index in [1.54, 1.807) is 11.8 Å². The van der Waals surface area contributed by atoms with E-state index in [0.29, 0.717) is 0 Å². The second kappa shape index (κ2) is 8.75. The fraction of sp³-hybridized carbons (Fsp3) is 0.350. The molecule has 0 saturated carbocycles. The Hall–Kier alpha value is -1.49. The van der Waals surface area contributed by atoms with E-state index >= 15 is 0 Å². The maximum absolute atomic E-state index is 12.5. The van der Waals surface area contributed by atoms with Gasteiger partial charge in [-0.2, -0.15) is 0 Å². The molecule has 1 N–H and O–H groups in total. The number of hydrogen-bond donors (Lipinski definition) is 1. The molecular weight excluding hydrogens is 352 g/mol. The summed E-state index contributed by atoms with van der Waals surface area (Å²) >= 11 is 7.62. The summed E-state index contributed by atoms with van der Waals surface area (Å²) < 4.78 is 0. The third-order valence-electron chi connectivity index (χ3n) is 4.62. The molecule has 1 fully saturated rings. The Kier molecular flexibility index (Phi) is 6.40. The predicted octanol–water partition coefficient (Wildman–Crippen LogP) is 4.91. The summed E-state index contributed by atoms with van der Waals surface area (Å²) in [4.78, 5) is 16.1. The van der Waals surface area contributed by atoms with Gasteiger partial charge in [0.25, 0.3) is 0 Å². The molecule has 0 unspecified atom stereocenters. The number of carbonyl (C=O) groups is 1. The number of halogens is 1. The van der Waals surface area contributed by atoms with Crippen LogP contribution in [0.4, 0.5) is 5.69 Å². The van der Waals surface area contributed by atoms with E-state index in [1.807, 2.05) is 36.6 Å². The molecule has 1 aliphatic rings. The van der Waals surface area contributed by atoms with Crippen LogP contribution in [0.5, 0.6) is 0 Å². The standard InChI is InChI=1S/C20H23ClN2OS/c1-25-19-4-2-3-18(13-19)22-20(24)16-9-11-23(12-10-16)14-15-5-7-17(21)8-6-15/h2-8,13,16H,9-12,14H2,1H3,(H,22,24). The van der Waals surface area contributed by atoms with E-state index in [9.17, 15) is 4.79 Å². The summed E-state index contributed by atoms with van der Waals surface area (Å²) in [5.74, 6) is 0.240. The molecule has 5 heteroatoms. The molecule has 0 aromatic heterocycles. The third-order valence-corrected chi connectivity index (χ3v) is 5.59. The predicted molar refractivity (Wildman–Crippen MR) is 106 cm³/mol. The Morgan fingerprint density at radius 1 is 1.20 bits per heavy atom. The smallest absolute Gasteiger partial charge is 0.227 e. The molecule has 2 aromatic rings. The molecule has 1 heterocycles. The Morgan fingerprint density at radius 3 is 2.60 bits per heavy atom. The topological polar surface area (TPSA) is 32.3 Å². The number of benzene rings is 2. The van der Waals surface area contributed by atoms with Gasteiger partial charge in [0.05, 0.1) is 0 Å². The van der Waals surface area contributed by atoms with Crippen LogP contribution in [0.15, 0.2) is 53.4 Å². The van der Waals surface area contributed by atoms with Crippen LogP contribution in [0.2, 0.25) is 5.02 Å². The van der Waals surface area contributed by atoms with Crippen molar-refractivity contribution in [3.8, 4) is 0 Å². The van der Waals surface area contributed by atoms with E-state index in [1.165, 1.54) is 5.56 Å². The molecular formula is C20H23ClN2OS. The number of thioether (sulfide) groups is 1. The summed E-state index contributed by atoms with van der Waals surface area (Å²) in [6.45, 7) is 2.82. The minimum Gasteiger partial charge on any atom is -0.326 e. The number of piperidine rings is 1. The van der Waals surface area contributed by atoms with Crippen molar-refractivity contribution in [3.05, 3.63) is 59.1 Å². The normalized spacial score (nSPS) is 15.9. The van der Waals surface area contributed by atoms with Gasteiger partial charge in [-0.15, -0.1) is 11.8 Å². The first-order valence-corrected chi connectivity index (χ1v) is 10.2. The zero-order valence-electron chi connectivity index (χ0n) is 14.4. The fourth-order valence-electron chi connectivity index (χ4n) is 3.15. The van der Waals surface area contributed by atoms with Crippen LogP contribution in [-0.4, -0.2) is 30.2 Å². The van der Waals surface area contributed by atoms with Crippen LogP contribution in [0, 0.1) is 5.92 Å². The molecule has 0 spiro atoms. The van der Waals surface area contributed by atoms with Gasteiger partial charge >= 0.3 is 0 Å². The third kappa shape index (κ3) is 5.24. The molecule has 25 heavy (non-hydrogen) atoms. The van der Waals surface area contributed by atoms with Gasteiger partial charge in [-0.05, 0) is 68.1 Å². The van der Waals surface area contributed by atoms with Crippen molar-refractivity contribution < 1.29 is 4.79 Å². The molecule has 0 radical (unpaired) electrons. The van der Waals surface area contributed by atoms with Crippen molar-refractivity contribution >= 4 is 35.0 Å². The van der Waals surface area contributed by atoms with Crippen molar-refractivity contribution in [2.24, 2.45) is 5.92 Å². The highest BCUT2D eigenvalue weighted by Crippen LogP contribution is 2.23. The van der Waals surface area contributed by atoms with Crippen molar-refractivity contribution in [1.29, 1.82) is 0 Å². The van der Waals surface area contributed by atoms with Crippen LogP contribution in [0.1, 0.15) is 18.4 Å². The SMILES string of the molecule is CSc1cccc(NC(=O)C2CCN(Cc3ccc(Cl)cc3)CC2)c1. The molecule has 1 aliphatic heterocycles. The number of amides is 1. The molecule has 3 nitrogen and oxygen atoms in total. The van der Waals surface area contributed by atoms with Crippen LogP contribution in [0.25, 0.3) is 0 Å². The second-order valence-corrected chi connectivity index (χ2v) is 7.71. The lowest BCUT2D eigenvalue weighted by Gasteiger charge is -2.31. The Morgan fingerprint density at radius 2 is 1.92 bits per heavy atom. The van der Waals surface area contributed by atoms with Gasteiger partial charge in [-0.25, -0.2) is 0 Å². The first kappa shape index (κ1) is 18.3. The number of rotatable bonds is 5. The summed E-state index contributed by atoms with van der Waals surface area (Å²) in [6.07, 6.45) is 3.85. The average molecular weight is 375 g/mol. The van der Waals surface area contributed by atoms with Crippen LogP contribution >= 0.6 is 23.4 Å². The highest BCUT2D eigenvalue weighted by Gasteiger charge is 2.25. The lowest BCUT2D eigenvalue weighted by molar-refractivity contribution is -0.121. The van der Waals surface area contributed by atoms with Crippen molar-refractivity contribution in [3.63, 3.8) is 0 Å². The average Bonchev–Trinajstić information content (AvgIpc) is 2.64.